The third-order valence-electron chi connectivity index (χ3n) is 2.85. The van der Waals surface area contributed by atoms with Crippen molar-refractivity contribution >= 4 is 17.5 Å². The third kappa shape index (κ3) is 3.14. The average Bonchev–Trinajstić information content (AvgIpc) is 2.81. The molecule has 2 rings (SSSR count). The first-order valence-corrected chi connectivity index (χ1v) is 5.98. The number of nitrogens with one attached hydrogen (secondary N) is 1. The van der Waals surface area contributed by atoms with Gasteiger partial charge < -0.3 is 10.4 Å². The highest BCUT2D eigenvalue weighted by Crippen LogP contribution is 2.22. The number of rotatable bonds is 5. The van der Waals surface area contributed by atoms with Crippen LogP contribution in [0.15, 0.2) is 24.5 Å². The fraction of sp³-hybridized carbons (Fsp3) is 0.250. The summed E-state index contributed by atoms with van der Waals surface area (Å²) < 4.78 is 1.49. The van der Waals surface area contributed by atoms with Crippen molar-refractivity contribution in [3.8, 4) is 0 Å². The Balaban J connectivity index is 2.28. The predicted molar refractivity (Wildman–Crippen MR) is 72.8 cm³/mol. The minimum absolute atomic E-state index is 0.117. The second-order valence-electron chi connectivity index (χ2n) is 4.42. The minimum Gasteiger partial charge on any atom is -0.479 e. The monoisotopic (exact) mass is 291 g/mol. The van der Waals surface area contributed by atoms with Crippen LogP contribution in [0.1, 0.15) is 17.3 Å². The maximum Gasteiger partial charge on any atom is 0.330 e. The second-order valence-corrected chi connectivity index (χ2v) is 4.42. The Morgan fingerprint density at radius 3 is 2.71 bits per heavy atom. The van der Waals surface area contributed by atoms with Crippen LogP contribution in [0.25, 0.3) is 0 Å². The SMILES string of the molecule is Cc1nc(NC(C(=O)O)c2cnn(C)c2)ccc1[N+](=O)[O-]. The molecule has 110 valence electrons. The Kier molecular flexibility index (Phi) is 3.83. The van der Waals surface area contributed by atoms with Gasteiger partial charge in [0.05, 0.1) is 11.1 Å². The Morgan fingerprint density at radius 2 is 2.24 bits per heavy atom. The molecular formula is C12H13N5O4. The zero-order valence-electron chi connectivity index (χ0n) is 11.3. The van der Waals surface area contributed by atoms with Crippen LogP contribution in [0.5, 0.6) is 0 Å². The molecule has 0 amide bonds. The number of aliphatic carboxylic acids is 1. The maximum absolute atomic E-state index is 11.3. The van der Waals surface area contributed by atoms with Crippen LogP contribution < -0.4 is 5.32 Å². The van der Waals surface area contributed by atoms with Gasteiger partial charge in [0, 0.05) is 24.9 Å². The molecule has 21 heavy (non-hydrogen) atoms. The highest BCUT2D eigenvalue weighted by molar-refractivity contribution is 5.78. The number of nitrogens with zero attached hydrogens (tertiary/aromatic N) is 4. The summed E-state index contributed by atoms with van der Waals surface area (Å²) in [6.45, 7) is 1.49. The van der Waals surface area contributed by atoms with Crippen LogP contribution in [0.4, 0.5) is 11.5 Å². The molecule has 0 radical (unpaired) electrons. The molecule has 0 aromatic carbocycles. The number of carbonyl (C=O) groups is 1. The van der Waals surface area contributed by atoms with Crippen molar-refractivity contribution in [2.75, 3.05) is 5.32 Å². The van der Waals surface area contributed by atoms with Crippen LogP contribution in [-0.2, 0) is 11.8 Å². The molecule has 0 bridgehead atoms. The number of carboxylic acid groups (broad SMARTS) is 1. The lowest BCUT2D eigenvalue weighted by Gasteiger charge is -2.13. The molecule has 0 saturated carbocycles. The molecule has 2 aromatic heterocycles. The van der Waals surface area contributed by atoms with E-state index < -0.39 is 16.9 Å². The van der Waals surface area contributed by atoms with E-state index in [-0.39, 0.29) is 17.2 Å². The van der Waals surface area contributed by atoms with Crippen molar-refractivity contribution in [1.82, 2.24) is 14.8 Å². The summed E-state index contributed by atoms with van der Waals surface area (Å²) in [6.07, 6.45) is 3.01. The zero-order chi connectivity index (χ0) is 15.6. The third-order valence-corrected chi connectivity index (χ3v) is 2.85. The van der Waals surface area contributed by atoms with Gasteiger partial charge >= 0.3 is 5.97 Å². The largest absolute Gasteiger partial charge is 0.479 e. The number of carboxylic acids is 1. The smallest absolute Gasteiger partial charge is 0.330 e. The minimum atomic E-state index is -1.10. The van der Waals surface area contributed by atoms with E-state index >= 15 is 0 Å². The van der Waals surface area contributed by atoms with E-state index in [9.17, 15) is 20.0 Å². The van der Waals surface area contributed by atoms with Crippen LogP contribution in [0.3, 0.4) is 0 Å². The van der Waals surface area contributed by atoms with Gasteiger partial charge in [-0.05, 0) is 13.0 Å². The van der Waals surface area contributed by atoms with Gasteiger partial charge in [0.1, 0.15) is 11.5 Å². The highest BCUT2D eigenvalue weighted by atomic mass is 16.6. The molecule has 2 heterocycles. The lowest BCUT2D eigenvalue weighted by atomic mass is 10.1. The quantitative estimate of drug-likeness (QED) is 0.628. The normalized spacial score (nSPS) is 11.9. The molecule has 0 saturated heterocycles. The summed E-state index contributed by atoms with van der Waals surface area (Å²) in [5.74, 6) is -0.852. The molecule has 9 nitrogen and oxygen atoms in total. The lowest BCUT2D eigenvalue weighted by Crippen LogP contribution is -2.20. The van der Waals surface area contributed by atoms with Crippen molar-refractivity contribution in [3.63, 3.8) is 0 Å². The average molecular weight is 291 g/mol. The van der Waals surface area contributed by atoms with Crippen LogP contribution >= 0.6 is 0 Å². The van der Waals surface area contributed by atoms with E-state index in [1.54, 1.807) is 13.2 Å². The molecule has 0 aliphatic carbocycles. The Labute approximate surface area is 119 Å². The number of pyridine rings is 1. The van der Waals surface area contributed by atoms with Gasteiger partial charge in [0.2, 0.25) is 0 Å². The topological polar surface area (TPSA) is 123 Å². The number of hydrogen-bond acceptors (Lipinski definition) is 6. The molecule has 0 aliphatic rings. The summed E-state index contributed by atoms with van der Waals surface area (Å²) in [5.41, 5.74) is 0.553. The van der Waals surface area contributed by atoms with Crippen LogP contribution in [0.2, 0.25) is 0 Å². The van der Waals surface area contributed by atoms with Gasteiger partial charge in [-0.3, -0.25) is 14.8 Å². The molecule has 0 spiro atoms. The van der Waals surface area contributed by atoms with Gasteiger partial charge in [-0.25, -0.2) is 9.78 Å². The van der Waals surface area contributed by atoms with Crippen molar-refractivity contribution in [2.24, 2.45) is 7.05 Å². The van der Waals surface area contributed by atoms with Crippen molar-refractivity contribution in [1.29, 1.82) is 0 Å². The van der Waals surface area contributed by atoms with Gasteiger partial charge in [0.15, 0.2) is 6.04 Å². The fourth-order valence-corrected chi connectivity index (χ4v) is 1.85. The summed E-state index contributed by atoms with van der Waals surface area (Å²) in [5, 5.41) is 26.7. The first-order chi connectivity index (χ1) is 9.88. The van der Waals surface area contributed by atoms with Crippen LogP contribution in [0, 0.1) is 17.0 Å². The number of aryl methyl sites for hydroxylation is 2. The zero-order valence-corrected chi connectivity index (χ0v) is 11.3. The van der Waals surface area contributed by atoms with Gasteiger partial charge in [-0.1, -0.05) is 0 Å². The molecule has 0 fully saturated rings. The van der Waals surface area contributed by atoms with E-state index in [1.165, 1.54) is 29.9 Å². The first kappa shape index (κ1) is 14.4. The molecular weight excluding hydrogens is 278 g/mol. The molecule has 2 aromatic rings. The standard InChI is InChI=1S/C12H13N5O4/c1-7-9(17(20)21)3-4-10(14-7)15-11(12(18)19)8-5-13-16(2)6-8/h3-6,11H,1-2H3,(H,14,15)(H,18,19). The van der Waals surface area contributed by atoms with E-state index in [0.717, 1.165) is 0 Å². The Morgan fingerprint density at radius 1 is 1.52 bits per heavy atom. The highest BCUT2D eigenvalue weighted by Gasteiger charge is 2.22. The van der Waals surface area contributed by atoms with Gasteiger partial charge in [-0.15, -0.1) is 0 Å². The van der Waals surface area contributed by atoms with Crippen LogP contribution in [-0.4, -0.2) is 30.8 Å². The van der Waals surface area contributed by atoms with Crippen molar-refractivity contribution in [2.45, 2.75) is 13.0 Å². The van der Waals surface area contributed by atoms with Gasteiger partial charge in [-0.2, -0.15) is 5.10 Å². The van der Waals surface area contributed by atoms with E-state index in [4.69, 9.17) is 0 Å². The number of hydrogen-bond donors (Lipinski definition) is 2. The Bertz CT molecular complexity index is 697. The van der Waals surface area contributed by atoms with Crippen molar-refractivity contribution in [3.05, 3.63) is 45.9 Å². The maximum atomic E-state index is 11.3. The number of nitro groups is 1. The molecule has 2 N–H and O–H groups in total. The first-order valence-electron chi connectivity index (χ1n) is 5.98. The van der Waals surface area contributed by atoms with E-state index in [1.807, 2.05) is 0 Å². The van der Waals surface area contributed by atoms with E-state index in [2.05, 4.69) is 15.4 Å². The van der Waals surface area contributed by atoms with Gasteiger partial charge in [0.25, 0.3) is 5.69 Å². The summed E-state index contributed by atoms with van der Waals surface area (Å²) in [6, 6.07) is 1.62. The molecule has 9 heteroatoms. The van der Waals surface area contributed by atoms with E-state index in [0.29, 0.717) is 5.56 Å². The van der Waals surface area contributed by atoms with Crippen molar-refractivity contribution < 1.29 is 14.8 Å². The number of aromatic nitrogens is 3. The molecule has 0 aliphatic heterocycles. The summed E-state index contributed by atoms with van der Waals surface area (Å²) in [7, 11) is 1.68. The second kappa shape index (κ2) is 5.57. The summed E-state index contributed by atoms with van der Waals surface area (Å²) in [4.78, 5) is 25.5. The number of anilines is 1. The fourth-order valence-electron chi connectivity index (χ4n) is 1.85. The lowest BCUT2D eigenvalue weighted by molar-refractivity contribution is -0.385. The molecule has 1 unspecified atom stereocenters. The summed E-state index contributed by atoms with van der Waals surface area (Å²) >= 11 is 0. The molecule has 1 atom stereocenters. The predicted octanol–water partition coefficient (Wildman–Crippen LogP) is 1.27. The Hall–Kier alpha value is -2.97.